The number of β-amino-alcohol motifs (C(OH)–C–C–N with tert-alkyl or cyclic N) is 1. The number of rotatable bonds is 1. The third-order valence-corrected chi connectivity index (χ3v) is 3.68. The van der Waals surface area contributed by atoms with Gasteiger partial charge in [-0.2, -0.15) is 5.10 Å². The van der Waals surface area contributed by atoms with Crippen molar-refractivity contribution in [1.82, 2.24) is 14.7 Å². The average Bonchev–Trinajstić information content (AvgIpc) is 2.51. The van der Waals surface area contributed by atoms with E-state index in [4.69, 9.17) is 0 Å². The molecule has 0 aromatic carbocycles. The maximum atomic E-state index is 12.5. The third kappa shape index (κ3) is 2.27. The summed E-state index contributed by atoms with van der Waals surface area (Å²) in [6.45, 7) is 6.65. The molecule has 1 aromatic heterocycles. The van der Waals surface area contributed by atoms with Crippen LogP contribution in [0.1, 0.15) is 41.5 Å². The van der Waals surface area contributed by atoms with E-state index in [-0.39, 0.29) is 5.91 Å². The molecule has 0 aliphatic carbocycles. The highest BCUT2D eigenvalue weighted by atomic mass is 16.3. The largest absolute Gasteiger partial charge is 0.388 e. The highest BCUT2D eigenvalue weighted by Gasteiger charge is 2.33. The van der Waals surface area contributed by atoms with Gasteiger partial charge in [0.2, 0.25) is 0 Å². The summed E-state index contributed by atoms with van der Waals surface area (Å²) in [6.07, 6.45) is 1.60. The molecule has 0 bridgehead atoms. The zero-order chi connectivity index (χ0) is 13.5. The summed E-state index contributed by atoms with van der Waals surface area (Å²) in [6, 6.07) is 0. The highest BCUT2D eigenvalue weighted by molar-refractivity contribution is 5.96. The molecule has 1 aliphatic heterocycles. The normalized spacial score (nSPS) is 24.4. The van der Waals surface area contributed by atoms with Crippen molar-refractivity contribution in [2.24, 2.45) is 7.05 Å². The quantitative estimate of drug-likeness (QED) is 0.811. The predicted molar refractivity (Wildman–Crippen MR) is 68.4 cm³/mol. The van der Waals surface area contributed by atoms with Gasteiger partial charge in [0.1, 0.15) is 0 Å². The lowest BCUT2D eigenvalue weighted by atomic mass is 9.94. The molecule has 5 nitrogen and oxygen atoms in total. The molecule has 1 aromatic rings. The van der Waals surface area contributed by atoms with Crippen LogP contribution < -0.4 is 0 Å². The van der Waals surface area contributed by atoms with E-state index in [0.29, 0.717) is 18.7 Å². The molecular formula is C13H21N3O2. The number of aryl methyl sites for hydroxylation is 2. The Kier molecular flexibility index (Phi) is 3.19. The van der Waals surface area contributed by atoms with E-state index in [9.17, 15) is 9.90 Å². The van der Waals surface area contributed by atoms with Crippen LogP contribution in [0.15, 0.2) is 0 Å². The number of amides is 1. The van der Waals surface area contributed by atoms with Crippen molar-refractivity contribution in [3.8, 4) is 0 Å². The Balaban J connectivity index is 2.26. The molecule has 0 radical (unpaired) electrons. The van der Waals surface area contributed by atoms with Crippen molar-refractivity contribution in [2.75, 3.05) is 13.1 Å². The molecule has 2 rings (SSSR count). The second-order valence-corrected chi connectivity index (χ2v) is 5.50. The lowest BCUT2D eigenvalue weighted by Crippen LogP contribution is -2.48. The van der Waals surface area contributed by atoms with Gasteiger partial charge in [-0.15, -0.1) is 0 Å². The minimum Gasteiger partial charge on any atom is -0.388 e. The molecule has 1 saturated heterocycles. The molecule has 2 heterocycles. The molecule has 0 spiro atoms. The van der Waals surface area contributed by atoms with E-state index in [1.165, 1.54) is 0 Å². The molecule has 0 saturated carbocycles. The topological polar surface area (TPSA) is 58.4 Å². The van der Waals surface area contributed by atoms with Crippen LogP contribution in [-0.4, -0.2) is 44.4 Å². The Hall–Kier alpha value is -1.36. The summed E-state index contributed by atoms with van der Waals surface area (Å²) in [5, 5.41) is 14.3. The summed E-state index contributed by atoms with van der Waals surface area (Å²) in [5.41, 5.74) is 1.54. The second kappa shape index (κ2) is 4.39. The second-order valence-electron chi connectivity index (χ2n) is 5.50. The van der Waals surface area contributed by atoms with Gasteiger partial charge in [-0.3, -0.25) is 9.48 Å². The lowest BCUT2D eigenvalue weighted by Gasteiger charge is -2.36. The van der Waals surface area contributed by atoms with Crippen LogP contribution >= 0.6 is 0 Å². The zero-order valence-electron chi connectivity index (χ0n) is 11.5. The number of aliphatic hydroxyl groups is 1. The first-order valence-electron chi connectivity index (χ1n) is 6.34. The number of hydrogen-bond donors (Lipinski definition) is 1. The number of aromatic nitrogens is 2. The van der Waals surface area contributed by atoms with Gasteiger partial charge in [-0.1, -0.05) is 0 Å². The summed E-state index contributed by atoms with van der Waals surface area (Å²) >= 11 is 0. The van der Waals surface area contributed by atoms with Crippen LogP contribution in [0, 0.1) is 13.8 Å². The van der Waals surface area contributed by atoms with Crippen molar-refractivity contribution in [2.45, 2.75) is 39.2 Å². The standard InChI is InChI=1S/C13H21N3O2/c1-9-11(10(2)15(4)14-9)12(17)16-7-5-6-13(3,18)8-16/h18H,5-8H2,1-4H3. The summed E-state index contributed by atoms with van der Waals surface area (Å²) < 4.78 is 1.73. The first kappa shape index (κ1) is 13.1. The minimum absolute atomic E-state index is 0.0157. The average molecular weight is 251 g/mol. The van der Waals surface area contributed by atoms with Gasteiger partial charge >= 0.3 is 0 Å². The van der Waals surface area contributed by atoms with Crippen LogP contribution in [0.25, 0.3) is 0 Å². The SMILES string of the molecule is Cc1nn(C)c(C)c1C(=O)N1CCCC(C)(O)C1. The lowest BCUT2D eigenvalue weighted by molar-refractivity contribution is -0.0108. The molecular weight excluding hydrogens is 230 g/mol. The number of carbonyl (C=O) groups is 1. The van der Waals surface area contributed by atoms with Crippen LogP contribution in [-0.2, 0) is 7.05 Å². The summed E-state index contributed by atoms with van der Waals surface area (Å²) in [7, 11) is 1.84. The number of likely N-dealkylation sites (tertiary alicyclic amines) is 1. The molecule has 1 unspecified atom stereocenters. The van der Waals surface area contributed by atoms with E-state index in [2.05, 4.69) is 5.10 Å². The van der Waals surface area contributed by atoms with Crippen molar-refractivity contribution < 1.29 is 9.90 Å². The molecule has 1 amide bonds. The Morgan fingerprint density at radius 1 is 1.44 bits per heavy atom. The molecule has 100 valence electrons. The molecule has 1 fully saturated rings. The zero-order valence-corrected chi connectivity index (χ0v) is 11.5. The van der Waals surface area contributed by atoms with E-state index in [1.54, 1.807) is 16.5 Å². The van der Waals surface area contributed by atoms with E-state index >= 15 is 0 Å². The Morgan fingerprint density at radius 2 is 2.11 bits per heavy atom. The van der Waals surface area contributed by atoms with Crippen molar-refractivity contribution in [1.29, 1.82) is 0 Å². The van der Waals surface area contributed by atoms with Crippen molar-refractivity contribution in [3.05, 3.63) is 17.0 Å². The fraction of sp³-hybridized carbons (Fsp3) is 0.692. The Bertz CT molecular complexity index is 477. The summed E-state index contributed by atoms with van der Waals surface area (Å²) in [5.74, 6) is -0.0157. The maximum absolute atomic E-state index is 12.5. The number of nitrogens with zero attached hydrogens (tertiary/aromatic N) is 3. The van der Waals surface area contributed by atoms with Gasteiger partial charge in [0, 0.05) is 25.8 Å². The van der Waals surface area contributed by atoms with Crippen molar-refractivity contribution >= 4 is 5.91 Å². The fourth-order valence-corrected chi connectivity index (χ4v) is 2.63. The third-order valence-electron chi connectivity index (χ3n) is 3.68. The number of carbonyl (C=O) groups excluding carboxylic acids is 1. The van der Waals surface area contributed by atoms with Crippen LogP contribution in [0.4, 0.5) is 0 Å². The van der Waals surface area contributed by atoms with Crippen molar-refractivity contribution in [3.63, 3.8) is 0 Å². The minimum atomic E-state index is -0.766. The van der Waals surface area contributed by atoms with Crippen LogP contribution in [0.5, 0.6) is 0 Å². The van der Waals surface area contributed by atoms with Gasteiger partial charge in [0.25, 0.3) is 5.91 Å². The van der Waals surface area contributed by atoms with Gasteiger partial charge in [0.05, 0.1) is 16.9 Å². The molecule has 5 heteroatoms. The first-order chi connectivity index (χ1) is 8.32. The Morgan fingerprint density at radius 3 is 2.61 bits per heavy atom. The Labute approximate surface area is 107 Å². The molecule has 1 N–H and O–H groups in total. The monoisotopic (exact) mass is 251 g/mol. The smallest absolute Gasteiger partial charge is 0.257 e. The van der Waals surface area contributed by atoms with E-state index in [0.717, 1.165) is 24.2 Å². The number of piperidine rings is 1. The predicted octanol–water partition coefficient (Wildman–Crippen LogP) is 1.02. The van der Waals surface area contributed by atoms with Gasteiger partial charge in [-0.05, 0) is 33.6 Å². The molecule has 18 heavy (non-hydrogen) atoms. The van der Waals surface area contributed by atoms with Gasteiger partial charge in [-0.25, -0.2) is 0 Å². The first-order valence-corrected chi connectivity index (χ1v) is 6.34. The van der Waals surface area contributed by atoms with Crippen LogP contribution in [0.3, 0.4) is 0 Å². The molecule has 1 atom stereocenters. The number of hydrogen-bond acceptors (Lipinski definition) is 3. The molecule has 1 aliphatic rings. The summed E-state index contributed by atoms with van der Waals surface area (Å²) in [4.78, 5) is 14.2. The van der Waals surface area contributed by atoms with Crippen LogP contribution in [0.2, 0.25) is 0 Å². The van der Waals surface area contributed by atoms with Gasteiger partial charge < -0.3 is 10.0 Å². The van der Waals surface area contributed by atoms with Gasteiger partial charge in [0.15, 0.2) is 0 Å². The fourth-order valence-electron chi connectivity index (χ4n) is 2.63. The maximum Gasteiger partial charge on any atom is 0.257 e. The van der Waals surface area contributed by atoms with E-state index in [1.807, 2.05) is 20.9 Å². The highest BCUT2D eigenvalue weighted by Crippen LogP contribution is 2.23. The van der Waals surface area contributed by atoms with E-state index < -0.39 is 5.60 Å².